The Balaban J connectivity index is 1.43. The predicted molar refractivity (Wildman–Crippen MR) is 104 cm³/mol. The lowest BCUT2D eigenvalue weighted by Gasteiger charge is -2.19. The van der Waals surface area contributed by atoms with Gasteiger partial charge in [0.15, 0.2) is 0 Å². The number of benzene rings is 2. The van der Waals surface area contributed by atoms with E-state index in [0.717, 1.165) is 28.4 Å². The Labute approximate surface area is 164 Å². The summed E-state index contributed by atoms with van der Waals surface area (Å²) in [6.07, 6.45) is -0.0920. The Kier molecular flexibility index (Phi) is 5.13. The van der Waals surface area contributed by atoms with Gasteiger partial charge in [0, 0.05) is 24.7 Å². The predicted octanol–water partition coefficient (Wildman–Crippen LogP) is 3.07. The standard InChI is InChI=1S/C22H25NO5/c1-4-27-14-7-5-13(6-8-14)17(12-25-2)23-22(24)20-19-16-10-9-15(26-3)11-18(16)28-21(19)20/h5-11,17,19-21H,4,12H2,1-3H3,(H,23,24)/t17-,19?,20?,21?/m0/s1. The molecule has 6 nitrogen and oxygen atoms in total. The van der Waals surface area contributed by atoms with Crippen LogP contribution < -0.4 is 19.5 Å². The first-order valence-electron chi connectivity index (χ1n) is 9.53. The van der Waals surface area contributed by atoms with E-state index in [9.17, 15) is 4.79 Å². The highest BCUT2D eigenvalue weighted by Gasteiger charge is 2.62. The van der Waals surface area contributed by atoms with Crippen LogP contribution in [-0.2, 0) is 9.53 Å². The molecule has 148 valence electrons. The molecule has 1 saturated carbocycles. The van der Waals surface area contributed by atoms with Gasteiger partial charge in [-0.2, -0.15) is 0 Å². The largest absolute Gasteiger partial charge is 0.497 e. The van der Waals surface area contributed by atoms with Crippen molar-refractivity contribution in [3.8, 4) is 17.2 Å². The van der Waals surface area contributed by atoms with E-state index in [1.54, 1.807) is 14.2 Å². The second-order valence-electron chi connectivity index (χ2n) is 7.06. The summed E-state index contributed by atoms with van der Waals surface area (Å²) in [4.78, 5) is 12.9. The minimum absolute atomic E-state index is 0.00703. The molecule has 2 aromatic carbocycles. The van der Waals surface area contributed by atoms with Gasteiger partial charge in [-0.25, -0.2) is 0 Å². The first-order chi connectivity index (χ1) is 13.7. The minimum Gasteiger partial charge on any atom is -0.497 e. The zero-order chi connectivity index (χ0) is 19.7. The third-order valence-corrected chi connectivity index (χ3v) is 5.34. The first-order valence-corrected chi connectivity index (χ1v) is 9.53. The molecule has 0 bridgehead atoms. The van der Waals surface area contributed by atoms with E-state index in [4.69, 9.17) is 18.9 Å². The van der Waals surface area contributed by atoms with Gasteiger partial charge < -0.3 is 24.3 Å². The molecule has 4 atom stereocenters. The number of rotatable bonds is 8. The molecule has 0 saturated heterocycles. The lowest BCUT2D eigenvalue weighted by molar-refractivity contribution is -0.124. The molecule has 0 aromatic heterocycles. The summed E-state index contributed by atoms with van der Waals surface area (Å²) in [7, 11) is 3.26. The quantitative estimate of drug-likeness (QED) is 0.759. The average Bonchev–Trinajstić information content (AvgIpc) is 3.30. The van der Waals surface area contributed by atoms with E-state index in [2.05, 4.69) is 5.32 Å². The van der Waals surface area contributed by atoms with E-state index in [-0.39, 0.29) is 29.9 Å². The molecule has 4 rings (SSSR count). The fraction of sp³-hybridized carbons (Fsp3) is 0.409. The van der Waals surface area contributed by atoms with Gasteiger partial charge in [-0.05, 0) is 30.7 Å². The summed E-state index contributed by atoms with van der Waals surface area (Å²) < 4.78 is 22.0. The van der Waals surface area contributed by atoms with Gasteiger partial charge >= 0.3 is 0 Å². The van der Waals surface area contributed by atoms with E-state index in [1.165, 1.54) is 0 Å². The Hall–Kier alpha value is -2.73. The van der Waals surface area contributed by atoms with Gasteiger partial charge in [0.2, 0.25) is 5.91 Å². The maximum absolute atomic E-state index is 12.9. The van der Waals surface area contributed by atoms with E-state index in [1.807, 2.05) is 49.4 Å². The van der Waals surface area contributed by atoms with Crippen molar-refractivity contribution in [3.05, 3.63) is 53.6 Å². The molecule has 0 radical (unpaired) electrons. The van der Waals surface area contributed by atoms with Crippen LogP contribution in [0.3, 0.4) is 0 Å². The number of amides is 1. The highest BCUT2D eigenvalue weighted by Crippen LogP contribution is 2.58. The number of nitrogens with one attached hydrogen (secondary N) is 1. The molecular weight excluding hydrogens is 358 g/mol. The summed E-state index contributed by atoms with van der Waals surface area (Å²) in [6, 6.07) is 13.3. The molecule has 2 aliphatic rings. The third kappa shape index (κ3) is 3.40. The van der Waals surface area contributed by atoms with Crippen molar-refractivity contribution in [1.29, 1.82) is 0 Å². The first kappa shape index (κ1) is 18.6. The van der Waals surface area contributed by atoms with Gasteiger partial charge in [-0.3, -0.25) is 4.79 Å². The van der Waals surface area contributed by atoms with Crippen LogP contribution in [0.5, 0.6) is 17.2 Å². The molecule has 28 heavy (non-hydrogen) atoms. The molecule has 0 spiro atoms. The molecule has 1 fully saturated rings. The molecule has 2 aromatic rings. The highest BCUT2D eigenvalue weighted by molar-refractivity contribution is 5.86. The van der Waals surface area contributed by atoms with Crippen molar-refractivity contribution in [3.63, 3.8) is 0 Å². The molecule has 1 aliphatic heterocycles. The lowest BCUT2D eigenvalue weighted by atomic mass is 10.1. The van der Waals surface area contributed by atoms with E-state index in [0.29, 0.717) is 13.2 Å². The van der Waals surface area contributed by atoms with E-state index >= 15 is 0 Å². The number of methoxy groups -OCH3 is 2. The second-order valence-corrected chi connectivity index (χ2v) is 7.06. The fourth-order valence-electron chi connectivity index (χ4n) is 3.90. The van der Waals surface area contributed by atoms with Crippen molar-refractivity contribution < 1.29 is 23.7 Å². The van der Waals surface area contributed by atoms with E-state index < -0.39 is 0 Å². The Bertz CT molecular complexity index is 851. The number of fused-ring (bicyclic) bond motifs is 3. The number of carbonyl (C=O) groups is 1. The lowest BCUT2D eigenvalue weighted by Crippen LogP contribution is -2.34. The molecule has 6 heteroatoms. The highest BCUT2D eigenvalue weighted by atomic mass is 16.5. The molecule has 1 amide bonds. The summed E-state index contributed by atoms with van der Waals surface area (Å²) in [5, 5.41) is 3.12. The van der Waals surface area contributed by atoms with Crippen molar-refractivity contribution in [2.24, 2.45) is 5.92 Å². The van der Waals surface area contributed by atoms with Crippen molar-refractivity contribution in [2.45, 2.75) is 25.0 Å². The summed E-state index contributed by atoms with van der Waals surface area (Å²) in [5.41, 5.74) is 2.06. The van der Waals surface area contributed by atoms with Crippen molar-refractivity contribution in [1.82, 2.24) is 5.32 Å². The minimum atomic E-state index is -0.218. The number of carbonyl (C=O) groups excluding carboxylic acids is 1. The number of ether oxygens (including phenoxy) is 4. The molecule has 1 heterocycles. The Morgan fingerprint density at radius 2 is 1.89 bits per heavy atom. The van der Waals surface area contributed by atoms with Gasteiger partial charge in [-0.15, -0.1) is 0 Å². The summed E-state index contributed by atoms with van der Waals surface area (Å²) in [6.45, 7) is 2.97. The van der Waals surface area contributed by atoms with Crippen molar-refractivity contribution >= 4 is 5.91 Å². The summed E-state index contributed by atoms with van der Waals surface area (Å²) in [5.74, 6) is 2.33. The van der Waals surface area contributed by atoms with Crippen LogP contribution in [-0.4, -0.2) is 39.4 Å². The Morgan fingerprint density at radius 1 is 1.14 bits per heavy atom. The maximum Gasteiger partial charge on any atom is 0.228 e. The van der Waals surface area contributed by atoms with Crippen LogP contribution in [0.2, 0.25) is 0 Å². The van der Waals surface area contributed by atoms with Gasteiger partial charge in [0.1, 0.15) is 23.4 Å². The Morgan fingerprint density at radius 3 is 2.57 bits per heavy atom. The third-order valence-electron chi connectivity index (χ3n) is 5.34. The van der Waals surface area contributed by atoms with Crippen LogP contribution in [0.15, 0.2) is 42.5 Å². The van der Waals surface area contributed by atoms with Crippen molar-refractivity contribution in [2.75, 3.05) is 27.4 Å². The smallest absolute Gasteiger partial charge is 0.228 e. The normalized spacial score (nSPS) is 22.5. The van der Waals surface area contributed by atoms with Crippen LogP contribution >= 0.6 is 0 Å². The summed E-state index contributed by atoms with van der Waals surface area (Å²) >= 11 is 0. The monoisotopic (exact) mass is 383 g/mol. The van der Waals surface area contributed by atoms with Crippen LogP contribution in [0.25, 0.3) is 0 Å². The molecule has 1 aliphatic carbocycles. The molecule has 3 unspecified atom stereocenters. The van der Waals surface area contributed by atoms with Crippen LogP contribution in [0.1, 0.15) is 30.0 Å². The molecule has 1 N–H and O–H groups in total. The van der Waals surface area contributed by atoms with Crippen LogP contribution in [0.4, 0.5) is 0 Å². The average molecular weight is 383 g/mol. The van der Waals surface area contributed by atoms with Crippen LogP contribution in [0, 0.1) is 5.92 Å². The second kappa shape index (κ2) is 7.72. The zero-order valence-corrected chi connectivity index (χ0v) is 16.3. The maximum atomic E-state index is 12.9. The number of hydrogen-bond acceptors (Lipinski definition) is 5. The topological polar surface area (TPSA) is 66.0 Å². The molecular formula is C22H25NO5. The fourth-order valence-corrected chi connectivity index (χ4v) is 3.90. The zero-order valence-electron chi connectivity index (χ0n) is 16.3. The van der Waals surface area contributed by atoms with Gasteiger partial charge in [0.05, 0.1) is 32.3 Å². The number of hydrogen-bond donors (Lipinski definition) is 1. The SMILES string of the molecule is CCOc1ccc([C@H](COC)NC(=O)C2C3Oc4cc(OC)ccc4C32)cc1. The van der Waals surface area contributed by atoms with Gasteiger partial charge in [0.25, 0.3) is 0 Å². The van der Waals surface area contributed by atoms with Gasteiger partial charge in [-0.1, -0.05) is 18.2 Å².